The maximum Gasteiger partial charge on any atom is 0.264 e. The number of benzene rings is 1. The van der Waals surface area contributed by atoms with Crippen LogP contribution in [0, 0.1) is 0 Å². The van der Waals surface area contributed by atoms with E-state index < -0.39 is 0 Å². The van der Waals surface area contributed by atoms with Gasteiger partial charge in [-0.3, -0.25) is 0 Å². The molecule has 0 spiro atoms. The Morgan fingerprint density at radius 3 is 2.71 bits per heavy atom. The van der Waals surface area contributed by atoms with Crippen LogP contribution in [0.1, 0.15) is 37.0 Å². The molecule has 0 amide bonds. The van der Waals surface area contributed by atoms with Crippen LogP contribution >= 0.6 is 11.6 Å². The molecule has 21 heavy (non-hydrogen) atoms. The molecular weight excluding hydrogens is 294 g/mol. The molecule has 0 saturated carbocycles. The number of aromatic nitrogens is 2. The standard InChI is InChI=1S/C14H18ClN3O3/c1-8(2)14-17-12(21-18-14)7-20-13-9(6-16)4-10(15)5-11(13)19-3/h4-5,8H,6-7,16H2,1-3H3. The molecule has 0 radical (unpaired) electrons. The SMILES string of the molecule is COc1cc(Cl)cc(CN)c1OCc1nc(C(C)C)no1. The Morgan fingerprint density at radius 2 is 2.14 bits per heavy atom. The molecule has 0 fully saturated rings. The normalized spacial score (nSPS) is 11.0. The topological polar surface area (TPSA) is 83.4 Å². The Morgan fingerprint density at radius 1 is 1.38 bits per heavy atom. The monoisotopic (exact) mass is 311 g/mol. The molecule has 2 rings (SSSR count). The quantitative estimate of drug-likeness (QED) is 0.883. The zero-order valence-corrected chi connectivity index (χ0v) is 13.0. The molecule has 1 aromatic heterocycles. The molecule has 2 aromatic rings. The number of nitrogens with zero attached hydrogens (tertiary/aromatic N) is 2. The summed E-state index contributed by atoms with van der Waals surface area (Å²) in [6, 6.07) is 3.41. The smallest absolute Gasteiger partial charge is 0.264 e. The van der Waals surface area contributed by atoms with E-state index in [4.69, 9.17) is 31.3 Å². The number of hydrogen-bond acceptors (Lipinski definition) is 6. The molecule has 0 unspecified atom stereocenters. The molecule has 0 saturated heterocycles. The van der Waals surface area contributed by atoms with Gasteiger partial charge >= 0.3 is 0 Å². The molecule has 0 aliphatic carbocycles. The van der Waals surface area contributed by atoms with E-state index in [2.05, 4.69) is 10.1 Å². The second-order valence-electron chi connectivity index (χ2n) is 4.79. The first-order valence-electron chi connectivity index (χ1n) is 6.57. The largest absolute Gasteiger partial charge is 0.493 e. The predicted octanol–water partition coefficient (Wildman–Crippen LogP) is 2.89. The van der Waals surface area contributed by atoms with E-state index in [9.17, 15) is 0 Å². The summed E-state index contributed by atoms with van der Waals surface area (Å²) < 4.78 is 16.1. The van der Waals surface area contributed by atoms with Crippen LogP contribution < -0.4 is 15.2 Å². The Kier molecular flexibility index (Phi) is 5.03. The van der Waals surface area contributed by atoms with Crippen LogP contribution in [-0.4, -0.2) is 17.3 Å². The summed E-state index contributed by atoms with van der Waals surface area (Å²) in [7, 11) is 1.54. The molecule has 0 aliphatic rings. The van der Waals surface area contributed by atoms with E-state index >= 15 is 0 Å². The van der Waals surface area contributed by atoms with E-state index in [0.717, 1.165) is 5.56 Å². The molecule has 6 nitrogen and oxygen atoms in total. The van der Waals surface area contributed by atoms with E-state index in [1.54, 1.807) is 19.2 Å². The number of nitrogens with two attached hydrogens (primary N) is 1. The van der Waals surface area contributed by atoms with Crippen molar-refractivity contribution >= 4 is 11.6 Å². The van der Waals surface area contributed by atoms with Gasteiger partial charge in [0.2, 0.25) is 0 Å². The molecule has 0 aliphatic heterocycles. The summed E-state index contributed by atoms with van der Waals surface area (Å²) in [6.45, 7) is 4.41. The number of hydrogen-bond donors (Lipinski definition) is 1. The number of methoxy groups -OCH3 is 1. The van der Waals surface area contributed by atoms with Gasteiger partial charge in [-0.1, -0.05) is 30.6 Å². The first-order chi connectivity index (χ1) is 10.0. The maximum absolute atomic E-state index is 6.00. The zero-order chi connectivity index (χ0) is 15.4. The van der Waals surface area contributed by atoms with Gasteiger partial charge in [0.15, 0.2) is 23.9 Å². The fraction of sp³-hybridized carbons (Fsp3) is 0.429. The molecular formula is C14H18ClN3O3. The highest BCUT2D eigenvalue weighted by Crippen LogP contribution is 2.35. The van der Waals surface area contributed by atoms with Crippen LogP contribution in [0.2, 0.25) is 5.02 Å². The molecule has 0 atom stereocenters. The van der Waals surface area contributed by atoms with Crippen molar-refractivity contribution in [3.05, 3.63) is 34.4 Å². The lowest BCUT2D eigenvalue weighted by atomic mass is 10.2. The lowest BCUT2D eigenvalue weighted by Gasteiger charge is -2.13. The third kappa shape index (κ3) is 3.65. The van der Waals surface area contributed by atoms with Crippen LogP contribution in [0.15, 0.2) is 16.7 Å². The van der Waals surface area contributed by atoms with Gasteiger partial charge < -0.3 is 19.7 Å². The average molecular weight is 312 g/mol. The minimum Gasteiger partial charge on any atom is -0.493 e. The first kappa shape index (κ1) is 15.6. The van der Waals surface area contributed by atoms with E-state index in [1.807, 2.05) is 13.8 Å². The highest BCUT2D eigenvalue weighted by atomic mass is 35.5. The minimum atomic E-state index is 0.144. The van der Waals surface area contributed by atoms with Crippen molar-refractivity contribution < 1.29 is 14.0 Å². The fourth-order valence-electron chi connectivity index (χ4n) is 1.78. The molecule has 7 heteroatoms. The van der Waals surface area contributed by atoms with Crippen molar-refractivity contribution in [2.45, 2.75) is 32.9 Å². The van der Waals surface area contributed by atoms with E-state index in [-0.39, 0.29) is 19.1 Å². The summed E-state index contributed by atoms with van der Waals surface area (Å²) in [5, 5.41) is 4.43. The highest BCUT2D eigenvalue weighted by Gasteiger charge is 2.15. The van der Waals surface area contributed by atoms with Gasteiger partial charge in [-0.2, -0.15) is 4.98 Å². The van der Waals surface area contributed by atoms with Gasteiger partial charge in [-0.05, 0) is 6.07 Å². The van der Waals surface area contributed by atoms with Crippen LogP contribution in [0.5, 0.6) is 11.5 Å². The molecule has 1 aromatic carbocycles. The van der Waals surface area contributed by atoms with Gasteiger partial charge in [0.25, 0.3) is 5.89 Å². The van der Waals surface area contributed by atoms with Gasteiger partial charge in [0.1, 0.15) is 0 Å². The van der Waals surface area contributed by atoms with E-state index in [1.165, 1.54) is 0 Å². The lowest BCUT2D eigenvalue weighted by molar-refractivity contribution is 0.231. The third-order valence-electron chi connectivity index (χ3n) is 2.88. The third-order valence-corrected chi connectivity index (χ3v) is 3.09. The van der Waals surface area contributed by atoms with Crippen molar-refractivity contribution in [1.82, 2.24) is 10.1 Å². The van der Waals surface area contributed by atoms with Crippen molar-refractivity contribution in [2.24, 2.45) is 5.73 Å². The number of rotatable bonds is 6. The molecule has 0 bridgehead atoms. The Bertz CT molecular complexity index is 588. The summed E-state index contributed by atoms with van der Waals surface area (Å²) in [5.41, 5.74) is 6.46. The van der Waals surface area contributed by atoms with Crippen LogP contribution in [-0.2, 0) is 13.2 Å². The summed E-state index contributed by atoms with van der Waals surface area (Å²) >= 11 is 6.00. The first-order valence-corrected chi connectivity index (χ1v) is 6.94. The molecule has 1 heterocycles. The predicted molar refractivity (Wildman–Crippen MR) is 78.6 cm³/mol. The van der Waals surface area contributed by atoms with Crippen molar-refractivity contribution in [2.75, 3.05) is 7.11 Å². The molecule has 2 N–H and O–H groups in total. The van der Waals surface area contributed by atoms with Crippen molar-refractivity contribution in [3.63, 3.8) is 0 Å². The highest BCUT2D eigenvalue weighted by molar-refractivity contribution is 6.30. The Hall–Kier alpha value is -1.79. The second-order valence-corrected chi connectivity index (χ2v) is 5.23. The zero-order valence-electron chi connectivity index (χ0n) is 12.2. The minimum absolute atomic E-state index is 0.144. The summed E-state index contributed by atoms with van der Waals surface area (Å²) in [4.78, 5) is 4.25. The van der Waals surface area contributed by atoms with Gasteiger partial charge in [0.05, 0.1) is 7.11 Å². The van der Waals surface area contributed by atoms with Crippen LogP contribution in [0.3, 0.4) is 0 Å². The fourth-order valence-corrected chi connectivity index (χ4v) is 2.02. The Labute approximate surface area is 128 Å². The molecule has 114 valence electrons. The van der Waals surface area contributed by atoms with Gasteiger partial charge in [0, 0.05) is 29.1 Å². The van der Waals surface area contributed by atoms with Crippen LogP contribution in [0.4, 0.5) is 0 Å². The lowest BCUT2D eigenvalue weighted by Crippen LogP contribution is -2.05. The van der Waals surface area contributed by atoms with E-state index in [0.29, 0.717) is 28.2 Å². The van der Waals surface area contributed by atoms with Gasteiger partial charge in [-0.25, -0.2) is 0 Å². The maximum atomic E-state index is 6.00. The summed E-state index contributed by atoms with van der Waals surface area (Å²) in [5.74, 6) is 2.31. The van der Waals surface area contributed by atoms with Crippen LogP contribution in [0.25, 0.3) is 0 Å². The average Bonchev–Trinajstić information content (AvgIpc) is 2.94. The Balaban J connectivity index is 2.18. The summed E-state index contributed by atoms with van der Waals surface area (Å²) in [6.07, 6.45) is 0. The number of halogens is 1. The van der Waals surface area contributed by atoms with Crippen molar-refractivity contribution in [1.29, 1.82) is 0 Å². The number of ether oxygens (including phenoxy) is 2. The van der Waals surface area contributed by atoms with Crippen molar-refractivity contribution in [3.8, 4) is 11.5 Å². The van der Waals surface area contributed by atoms with Gasteiger partial charge in [-0.15, -0.1) is 0 Å². The second kappa shape index (κ2) is 6.78.